The summed E-state index contributed by atoms with van der Waals surface area (Å²) in [5.74, 6) is 0.194. The Labute approximate surface area is 117 Å². The molecule has 0 spiro atoms. The number of piperazine rings is 1. The maximum Gasteiger partial charge on any atom is 0.245 e. The Morgan fingerprint density at radius 2 is 2.32 bits per heavy atom. The Hall–Kier alpha value is -1.36. The van der Waals surface area contributed by atoms with Crippen molar-refractivity contribution in [1.82, 2.24) is 10.2 Å². The van der Waals surface area contributed by atoms with Gasteiger partial charge in [-0.3, -0.25) is 9.59 Å². The molecule has 2 atom stereocenters. The van der Waals surface area contributed by atoms with Crippen molar-refractivity contribution in [2.75, 3.05) is 13.1 Å². The molecule has 2 unspecified atom stereocenters. The van der Waals surface area contributed by atoms with Crippen molar-refractivity contribution in [2.24, 2.45) is 5.92 Å². The number of thiophene rings is 1. The lowest BCUT2D eigenvalue weighted by Gasteiger charge is -2.35. The van der Waals surface area contributed by atoms with Crippen LogP contribution in [-0.2, 0) is 16.0 Å². The second-order valence-electron chi connectivity index (χ2n) is 5.07. The van der Waals surface area contributed by atoms with Gasteiger partial charge in [-0.05, 0) is 34.7 Å². The van der Waals surface area contributed by atoms with Crippen LogP contribution in [0.15, 0.2) is 16.8 Å². The van der Waals surface area contributed by atoms with Crippen molar-refractivity contribution in [1.29, 1.82) is 0 Å². The SMILES string of the molecule is CCC(C)C1NC(=O)CN(CCc2ccsc2)C1=O. The summed E-state index contributed by atoms with van der Waals surface area (Å²) in [4.78, 5) is 25.7. The molecule has 1 aromatic rings. The molecule has 0 aromatic carbocycles. The van der Waals surface area contributed by atoms with Crippen LogP contribution in [0.1, 0.15) is 25.8 Å². The second-order valence-corrected chi connectivity index (χ2v) is 5.85. The zero-order valence-corrected chi connectivity index (χ0v) is 12.2. The first-order valence-electron chi connectivity index (χ1n) is 6.71. The van der Waals surface area contributed by atoms with Crippen LogP contribution < -0.4 is 5.32 Å². The smallest absolute Gasteiger partial charge is 0.245 e. The number of carbonyl (C=O) groups is 2. The first-order chi connectivity index (χ1) is 9.11. The van der Waals surface area contributed by atoms with E-state index in [4.69, 9.17) is 0 Å². The van der Waals surface area contributed by atoms with Crippen molar-refractivity contribution in [3.63, 3.8) is 0 Å². The normalized spacial score (nSPS) is 21.4. The average molecular weight is 280 g/mol. The lowest BCUT2D eigenvalue weighted by Crippen LogP contribution is -2.60. The molecule has 0 aliphatic carbocycles. The Kier molecular flexibility index (Phi) is 4.58. The minimum absolute atomic E-state index is 0.0461. The fourth-order valence-electron chi connectivity index (χ4n) is 2.24. The highest BCUT2D eigenvalue weighted by molar-refractivity contribution is 7.07. The molecule has 5 heteroatoms. The molecule has 0 radical (unpaired) electrons. The monoisotopic (exact) mass is 280 g/mol. The molecule has 4 nitrogen and oxygen atoms in total. The van der Waals surface area contributed by atoms with Gasteiger partial charge in [-0.2, -0.15) is 11.3 Å². The maximum absolute atomic E-state index is 12.3. The van der Waals surface area contributed by atoms with Gasteiger partial charge in [-0.1, -0.05) is 20.3 Å². The summed E-state index contributed by atoms with van der Waals surface area (Å²) >= 11 is 1.65. The van der Waals surface area contributed by atoms with Crippen LogP contribution in [0, 0.1) is 5.92 Å². The van der Waals surface area contributed by atoms with Gasteiger partial charge in [0.2, 0.25) is 11.8 Å². The molecule has 19 heavy (non-hydrogen) atoms. The number of rotatable bonds is 5. The van der Waals surface area contributed by atoms with Crippen molar-refractivity contribution in [3.05, 3.63) is 22.4 Å². The minimum atomic E-state index is -0.353. The number of nitrogens with zero attached hydrogens (tertiary/aromatic N) is 1. The maximum atomic E-state index is 12.3. The first-order valence-corrected chi connectivity index (χ1v) is 7.65. The van der Waals surface area contributed by atoms with Gasteiger partial charge in [-0.15, -0.1) is 0 Å². The predicted molar refractivity (Wildman–Crippen MR) is 76.0 cm³/mol. The molecule has 1 saturated heterocycles. The van der Waals surface area contributed by atoms with Gasteiger partial charge in [0.1, 0.15) is 6.04 Å². The van der Waals surface area contributed by atoms with E-state index in [1.807, 2.05) is 19.2 Å². The van der Waals surface area contributed by atoms with Gasteiger partial charge in [0.25, 0.3) is 0 Å². The number of carbonyl (C=O) groups excluding carboxylic acids is 2. The quantitative estimate of drug-likeness (QED) is 0.892. The van der Waals surface area contributed by atoms with Crippen LogP contribution in [-0.4, -0.2) is 35.8 Å². The van der Waals surface area contributed by atoms with E-state index in [0.717, 1.165) is 12.8 Å². The molecule has 0 bridgehead atoms. The Balaban J connectivity index is 1.99. The second kappa shape index (κ2) is 6.19. The van der Waals surface area contributed by atoms with E-state index in [1.54, 1.807) is 16.2 Å². The molecular weight excluding hydrogens is 260 g/mol. The zero-order chi connectivity index (χ0) is 13.8. The summed E-state index contributed by atoms with van der Waals surface area (Å²) in [5, 5.41) is 6.93. The van der Waals surface area contributed by atoms with Gasteiger partial charge in [-0.25, -0.2) is 0 Å². The van der Waals surface area contributed by atoms with Crippen LogP contribution in [0.2, 0.25) is 0 Å². The van der Waals surface area contributed by atoms with E-state index in [0.29, 0.717) is 6.54 Å². The number of hydrogen-bond acceptors (Lipinski definition) is 3. The minimum Gasteiger partial charge on any atom is -0.342 e. The fraction of sp³-hybridized carbons (Fsp3) is 0.571. The third kappa shape index (κ3) is 3.35. The van der Waals surface area contributed by atoms with Crippen LogP contribution in [0.3, 0.4) is 0 Å². The van der Waals surface area contributed by atoms with Crippen molar-refractivity contribution < 1.29 is 9.59 Å². The molecule has 1 fully saturated rings. The number of nitrogens with one attached hydrogen (secondary N) is 1. The third-order valence-electron chi connectivity index (χ3n) is 3.69. The Morgan fingerprint density at radius 3 is 2.95 bits per heavy atom. The van der Waals surface area contributed by atoms with E-state index in [9.17, 15) is 9.59 Å². The molecule has 2 rings (SSSR count). The van der Waals surface area contributed by atoms with Crippen LogP contribution in [0.25, 0.3) is 0 Å². The lowest BCUT2D eigenvalue weighted by atomic mass is 9.96. The first kappa shape index (κ1) is 14.1. The van der Waals surface area contributed by atoms with Crippen molar-refractivity contribution >= 4 is 23.2 Å². The largest absolute Gasteiger partial charge is 0.342 e. The average Bonchev–Trinajstić information content (AvgIpc) is 2.91. The number of amides is 2. The van der Waals surface area contributed by atoms with Gasteiger partial charge < -0.3 is 10.2 Å². The summed E-state index contributed by atoms with van der Waals surface area (Å²) in [6.07, 6.45) is 1.70. The lowest BCUT2D eigenvalue weighted by molar-refractivity contribution is -0.145. The Morgan fingerprint density at radius 1 is 1.53 bits per heavy atom. The summed E-state index contributed by atoms with van der Waals surface area (Å²) < 4.78 is 0. The van der Waals surface area contributed by atoms with Gasteiger partial charge in [0.15, 0.2) is 0 Å². The third-order valence-corrected chi connectivity index (χ3v) is 4.42. The molecule has 0 saturated carbocycles. The molecule has 1 N–H and O–H groups in total. The van der Waals surface area contributed by atoms with E-state index in [-0.39, 0.29) is 30.3 Å². The highest BCUT2D eigenvalue weighted by atomic mass is 32.1. The van der Waals surface area contributed by atoms with E-state index < -0.39 is 0 Å². The van der Waals surface area contributed by atoms with E-state index >= 15 is 0 Å². The molecule has 2 amide bonds. The topological polar surface area (TPSA) is 49.4 Å². The van der Waals surface area contributed by atoms with Gasteiger partial charge >= 0.3 is 0 Å². The molecule has 1 aliphatic rings. The fourth-order valence-corrected chi connectivity index (χ4v) is 2.94. The molecule has 1 aliphatic heterocycles. The van der Waals surface area contributed by atoms with Crippen molar-refractivity contribution in [2.45, 2.75) is 32.7 Å². The number of hydrogen-bond donors (Lipinski definition) is 1. The summed E-state index contributed by atoms with van der Waals surface area (Å²) in [6, 6.07) is 1.71. The Bertz CT molecular complexity index is 444. The van der Waals surface area contributed by atoms with Gasteiger partial charge in [0.05, 0.1) is 6.54 Å². The van der Waals surface area contributed by atoms with Crippen LogP contribution in [0.5, 0.6) is 0 Å². The van der Waals surface area contributed by atoms with Crippen molar-refractivity contribution in [3.8, 4) is 0 Å². The zero-order valence-electron chi connectivity index (χ0n) is 11.4. The predicted octanol–water partition coefficient (Wildman–Crippen LogP) is 1.66. The molecular formula is C14H20N2O2S. The van der Waals surface area contributed by atoms with Crippen LogP contribution >= 0.6 is 11.3 Å². The van der Waals surface area contributed by atoms with Crippen LogP contribution in [0.4, 0.5) is 0 Å². The molecule has 104 valence electrons. The van der Waals surface area contributed by atoms with E-state index in [1.165, 1.54) is 5.56 Å². The highest BCUT2D eigenvalue weighted by Gasteiger charge is 2.34. The summed E-state index contributed by atoms with van der Waals surface area (Å²) in [5.41, 5.74) is 1.23. The highest BCUT2D eigenvalue weighted by Crippen LogP contribution is 2.15. The van der Waals surface area contributed by atoms with Gasteiger partial charge in [0, 0.05) is 6.54 Å². The standard InChI is InChI=1S/C14H20N2O2S/c1-3-10(2)13-14(18)16(8-12(17)15-13)6-4-11-5-7-19-9-11/h5,7,9-10,13H,3-4,6,8H2,1-2H3,(H,15,17). The molecule has 1 aromatic heterocycles. The molecule has 2 heterocycles. The summed E-state index contributed by atoms with van der Waals surface area (Å²) in [6.45, 7) is 4.85. The van der Waals surface area contributed by atoms with E-state index in [2.05, 4.69) is 16.8 Å². The summed E-state index contributed by atoms with van der Waals surface area (Å²) in [7, 11) is 0.